The van der Waals surface area contributed by atoms with E-state index in [-0.39, 0.29) is 11.7 Å². The molecule has 0 aliphatic heterocycles. The first-order valence-corrected chi connectivity index (χ1v) is 9.12. The van der Waals surface area contributed by atoms with Crippen molar-refractivity contribution in [3.63, 3.8) is 0 Å². The van der Waals surface area contributed by atoms with E-state index >= 15 is 0 Å². The monoisotopic (exact) mass is 408 g/mol. The summed E-state index contributed by atoms with van der Waals surface area (Å²) in [5, 5.41) is 3.99. The molecule has 154 valence electrons. The molecule has 0 atom stereocenters. The fraction of sp³-hybridized carbons (Fsp3) is 0.130. The topological polar surface area (TPSA) is 69.2 Å². The van der Waals surface area contributed by atoms with E-state index in [2.05, 4.69) is 10.5 Å². The zero-order valence-corrected chi connectivity index (χ0v) is 16.6. The summed E-state index contributed by atoms with van der Waals surface area (Å²) in [6.07, 6.45) is 1.52. The van der Waals surface area contributed by atoms with Gasteiger partial charge in [-0.15, -0.1) is 0 Å². The second kappa shape index (κ2) is 10.1. The van der Waals surface area contributed by atoms with Crippen LogP contribution >= 0.6 is 0 Å². The zero-order valence-electron chi connectivity index (χ0n) is 16.6. The molecule has 3 aromatic rings. The van der Waals surface area contributed by atoms with Crippen molar-refractivity contribution in [1.29, 1.82) is 0 Å². The molecule has 0 aromatic heterocycles. The maximum Gasteiger partial charge on any atom is 0.271 e. The molecule has 3 aromatic carbocycles. The Morgan fingerprint density at radius 3 is 2.50 bits per heavy atom. The molecule has 0 unspecified atom stereocenters. The number of nitrogens with zero attached hydrogens (tertiary/aromatic N) is 1. The first-order valence-electron chi connectivity index (χ1n) is 9.12. The average Bonchev–Trinajstić information content (AvgIpc) is 2.78. The molecular formula is C23H21FN2O4. The van der Waals surface area contributed by atoms with Crippen molar-refractivity contribution in [1.82, 2.24) is 5.43 Å². The van der Waals surface area contributed by atoms with E-state index < -0.39 is 0 Å². The molecule has 0 spiro atoms. The summed E-state index contributed by atoms with van der Waals surface area (Å²) in [6, 6.07) is 18.2. The summed E-state index contributed by atoms with van der Waals surface area (Å²) < 4.78 is 29.0. The van der Waals surface area contributed by atoms with Gasteiger partial charge in [0, 0.05) is 5.56 Å². The molecule has 30 heavy (non-hydrogen) atoms. The second-order valence-corrected chi connectivity index (χ2v) is 6.26. The number of nitrogens with one attached hydrogen (secondary N) is 1. The maximum absolute atomic E-state index is 13.0. The molecule has 1 N–H and O–H groups in total. The minimum absolute atomic E-state index is 0.285. The van der Waals surface area contributed by atoms with Crippen molar-refractivity contribution in [3.05, 3.63) is 89.2 Å². The Morgan fingerprint density at radius 1 is 1.00 bits per heavy atom. The van der Waals surface area contributed by atoms with Gasteiger partial charge in [-0.25, -0.2) is 9.82 Å². The maximum atomic E-state index is 13.0. The quantitative estimate of drug-likeness (QED) is 0.448. The Morgan fingerprint density at radius 2 is 1.77 bits per heavy atom. The lowest BCUT2D eigenvalue weighted by atomic mass is 10.2. The van der Waals surface area contributed by atoms with Crippen molar-refractivity contribution in [2.24, 2.45) is 5.10 Å². The molecule has 0 aliphatic carbocycles. The number of halogens is 1. The lowest BCUT2D eigenvalue weighted by Gasteiger charge is -2.08. The highest BCUT2D eigenvalue weighted by molar-refractivity contribution is 5.95. The first kappa shape index (κ1) is 20.9. The van der Waals surface area contributed by atoms with Crippen molar-refractivity contribution in [3.8, 4) is 17.2 Å². The van der Waals surface area contributed by atoms with E-state index in [1.165, 1.54) is 32.6 Å². The van der Waals surface area contributed by atoms with Crippen LogP contribution < -0.4 is 19.6 Å². The van der Waals surface area contributed by atoms with Gasteiger partial charge in [0.2, 0.25) is 0 Å². The average molecular weight is 408 g/mol. The Bertz CT molecular complexity index is 1040. The van der Waals surface area contributed by atoms with Gasteiger partial charge in [-0.2, -0.15) is 5.10 Å². The minimum atomic E-state index is -0.379. The van der Waals surface area contributed by atoms with Crippen LogP contribution in [0.4, 0.5) is 4.39 Å². The van der Waals surface area contributed by atoms with Crippen LogP contribution in [0.25, 0.3) is 0 Å². The zero-order chi connectivity index (χ0) is 21.3. The number of ether oxygens (including phenoxy) is 3. The number of amides is 1. The lowest BCUT2D eigenvalue weighted by Crippen LogP contribution is -2.17. The number of hydrazone groups is 1. The Hall–Kier alpha value is -3.87. The SMILES string of the molecule is COc1ccc(C(=O)N/N=C/c2cccc(OCc3ccc(F)cc3)c2)cc1OC. The van der Waals surface area contributed by atoms with Crippen LogP contribution in [0.5, 0.6) is 17.2 Å². The van der Waals surface area contributed by atoms with E-state index in [0.29, 0.717) is 29.4 Å². The van der Waals surface area contributed by atoms with Crippen LogP contribution in [-0.2, 0) is 6.61 Å². The fourth-order valence-electron chi connectivity index (χ4n) is 2.64. The molecule has 0 bridgehead atoms. The number of rotatable bonds is 8. The molecule has 0 fully saturated rings. The van der Waals surface area contributed by atoms with Crippen LogP contribution in [0, 0.1) is 5.82 Å². The van der Waals surface area contributed by atoms with Gasteiger partial charge in [0.1, 0.15) is 18.2 Å². The van der Waals surface area contributed by atoms with Crippen LogP contribution in [0.3, 0.4) is 0 Å². The molecule has 0 aliphatic rings. The molecule has 0 saturated carbocycles. The predicted molar refractivity (Wildman–Crippen MR) is 112 cm³/mol. The smallest absolute Gasteiger partial charge is 0.271 e. The van der Waals surface area contributed by atoms with E-state index in [1.807, 2.05) is 18.2 Å². The van der Waals surface area contributed by atoms with Gasteiger partial charge in [0.25, 0.3) is 5.91 Å². The normalized spacial score (nSPS) is 10.6. The fourth-order valence-corrected chi connectivity index (χ4v) is 2.64. The second-order valence-electron chi connectivity index (χ2n) is 6.26. The summed E-state index contributed by atoms with van der Waals surface area (Å²) in [4.78, 5) is 12.3. The van der Waals surface area contributed by atoms with Gasteiger partial charge in [0.15, 0.2) is 11.5 Å². The van der Waals surface area contributed by atoms with Crippen LogP contribution in [0.2, 0.25) is 0 Å². The molecule has 0 heterocycles. The van der Waals surface area contributed by atoms with Gasteiger partial charge in [-0.1, -0.05) is 24.3 Å². The third kappa shape index (κ3) is 5.57. The summed E-state index contributed by atoms with van der Waals surface area (Å²) in [5.74, 6) is 0.965. The third-order valence-corrected chi connectivity index (χ3v) is 4.20. The highest BCUT2D eigenvalue weighted by Crippen LogP contribution is 2.27. The number of carbonyl (C=O) groups excluding carboxylic acids is 1. The molecule has 0 radical (unpaired) electrons. The lowest BCUT2D eigenvalue weighted by molar-refractivity contribution is 0.0954. The molecule has 3 rings (SSSR count). The molecular weight excluding hydrogens is 387 g/mol. The number of carbonyl (C=O) groups is 1. The van der Waals surface area contributed by atoms with Crippen molar-refractivity contribution in [2.45, 2.75) is 6.61 Å². The predicted octanol–water partition coefficient (Wildman–Crippen LogP) is 4.19. The summed E-state index contributed by atoms with van der Waals surface area (Å²) in [5.41, 5.74) is 4.47. The van der Waals surface area contributed by atoms with Gasteiger partial charge in [-0.3, -0.25) is 4.79 Å². The van der Waals surface area contributed by atoms with Crippen molar-refractivity contribution in [2.75, 3.05) is 14.2 Å². The van der Waals surface area contributed by atoms with Gasteiger partial charge in [-0.05, 0) is 53.6 Å². The molecule has 7 heteroatoms. The summed E-state index contributed by atoms with van der Waals surface area (Å²) in [7, 11) is 3.03. The van der Waals surface area contributed by atoms with Gasteiger partial charge < -0.3 is 14.2 Å². The van der Waals surface area contributed by atoms with Crippen LogP contribution in [-0.4, -0.2) is 26.3 Å². The first-order chi connectivity index (χ1) is 14.6. The van der Waals surface area contributed by atoms with Crippen molar-refractivity contribution < 1.29 is 23.4 Å². The molecule has 0 saturated heterocycles. The number of methoxy groups -OCH3 is 2. The summed E-state index contributed by atoms with van der Waals surface area (Å²) >= 11 is 0. The molecule has 6 nitrogen and oxygen atoms in total. The van der Waals surface area contributed by atoms with Crippen molar-refractivity contribution >= 4 is 12.1 Å². The summed E-state index contributed by atoms with van der Waals surface area (Å²) in [6.45, 7) is 0.316. The highest BCUT2D eigenvalue weighted by atomic mass is 19.1. The van der Waals surface area contributed by atoms with Gasteiger partial charge >= 0.3 is 0 Å². The van der Waals surface area contributed by atoms with E-state index in [9.17, 15) is 9.18 Å². The molecule has 1 amide bonds. The minimum Gasteiger partial charge on any atom is -0.493 e. The van der Waals surface area contributed by atoms with Crippen LogP contribution in [0.15, 0.2) is 71.8 Å². The Kier molecular flexibility index (Phi) is 7.00. The number of hydrogen-bond donors (Lipinski definition) is 1. The van der Waals surface area contributed by atoms with Crippen LogP contribution in [0.1, 0.15) is 21.5 Å². The third-order valence-electron chi connectivity index (χ3n) is 4.20. The largest absolute Gasteiger partial charge is 0.493 e. The standard InChI is InChI=1S/C23H21FN2O4/c1-28-21-11-8-18(13-22(21)29-2)23(27)26-25-14-17-4-3-5-20(12-17)30-15-16-6-9-19(24)10-7-16/h3-14H,15H2,1-2H3,(H,26,27)/b25-14+. The van der Waals surface area contributed by atoms with E-state index in [1.54, 1.807) is 36.4 Å². The Balaban J connectivity index is 1.59. The number of benzene rings is 3. The Labute approximate surface area is 173 Å². The van der Waals surface area contributed by atoms with E-state index in [0.717, 1.165) is 11.1 Å². The van der Waals surface area contributed by atoms with E-state index in [4.69, 9.17) is 14.2 Å². The number of hydrogen-bond acceptors (Lipinski definition) is 5. The highest BCUT2D eigenvalue weighted by Gasteiger charge is 2.10. The van der Waals surface area contributed by atoms with Gasteiger partial charge in [0.05, 0.1) is 20.4 Å².